The highest BCUT2D eigenvalue weighted by Crippen LogP contribution is 2.26. The van der Waals surface area contributed by atoms with Crippen LogP contribution >= 0.6 is 0 Å². The van der Waals surface area contributed by atoms with Crippen LogP contribution in [0.1, 0.15) is 24.0 Å². The number of carboxylic acids is 2. The monoisotopic (exact) mass is 360 g/mol. The molecule has 2 aliphatic rings. The van der Waals surface area contributed by atoms with Crippen LogP contribution in [0.15, 0.2) is 24.3 Å². The van der Waals surface area contributed by atoms with Gasteiger partial charge in [0, 0.05) is 0 Å². The van der Waals surface area contributed by atoms with Gasteiger partial charge in [0.2, 0.25) is 0 Å². The van der Waals surface area contributed by atoms with Crippen molar-refractivity contribution in [2.45, 2.75) is 25.7 Å². The molecular weight excluding hydrogens is 332 g/mol. The van der Waals surface area contributed by atoms with Crippen LogP contribution < -0.4 is 10.6 Å². The Morgan fingerprint density at radius 3 is 1.50 bits per heavy atom. The van der Waals surface area contributed by atoms with E-state index in [0.29, 0.717) is 12.8 Å². The molecule has 2 aliphatic heterocycles. The second-order valence-corrected chi connectivity index (χ2v) is 7.62. The Hall–Kier alpha value is -1.92. The number of carbonyl (C=O) groups is 2. The summed E-state index contributed by atoms with van der Waals surface area (Å²) >= 11 is 0. The molecule has 3 rings (SSSR count). The maximum absolute atomic E-state index is 11.6. The van der Waals surface area contributed by atoms with Gasteiger partial charge < -0.3 is 20.8 Å². The maximum atomic E-state index is 11.6. The van der Waals surface area contributed by atoms with Crippen molar-refractivity contribution in [1.29, 1.82) is 0 Å². The van der Waals surface area contributed by atoms with Gasteiger partial charge in [0.1, 0.15) is 0 Å². The second-order valence-electron chi connectivity index (χ2n) is 7.62. The Kier molecular flexibility index (Phi) is 6.27. The normalized spacial score (nSPS) is 25.1. The van der Waals surface area contributed by atoms with E-state index in [2.05, 4.69) is 10.6 Å². The minimum absolute atomic E-state index is 0.179. The molecule has 0 spiro atoms. The SMILES string of the molecule is O=C(O)C(Cc1ccc(CC(C(=O)O)C2CCNC2)cc1)C1CCNC1. The molecule has 0 aromatic heterocycles. The molecule has 2 heterocycles. The first-order valence-corrected chi connectivity index (χ1v) is 9.49. The lowest BCUT2D eigenvalue weighted by Gasteiger charge is -2.20. The van der Waals surface area contributed by atoms with Crippen molar-refractivity contribution in [1.82, 2.24) is 10.6 Å². The molecule has 0 amide bonds. The van der Waals surface area contributed by atoms with Crippen LogP contribution in [0.3, 0.4) is 0 Å². The van der Waals surface area contributed by atoms with E-state index in [0.717, 1.165) is 50.1 Å². The minimum Gasteiger partial charge on any atom is -0.481 e. The fourth-order valence-corrected chi connectivity index (χ4v) is 4.27. The largest absolute Gasteiger partial charge is 0.481 e. The van der Waals surface area contributed by atoms with E-state index in [1.54, 1.807) is 0 Å². The Balaban J connectivity index is 1.63. The van der Waals surface area contributed by atoms with Crippen LogP contribution in [0.5, 0.6) is 0 Å². The molecule has 6 nitrogen and oxygen atoms in total. The molecule has 26 heavy (non-hydrogen) atoms. The molecule has 0 bridgehead atoms. The van der Waals surface area contributed by atoms with E-state index < -0.39 is 11.9 Å². The predicted molar refractivity (Wildman–Crippen MR) is 98.1 cm³/mol. The lowest BCUT2D eigenvalue weighted by molar-refractivity contribution is -0.144. The molecule has 4 unspecified atom stereocenters. The Morgan fingerprint density at radius 2 is 1.23 bits per heavy atom. The molecule has 1 aromatic rings. The third kappa shape index (κ3) is 4.62. The molecule has 142 valence electrons. The topological polar surface area (TPSA) is 98.7 Å². The van der Waals surface area contributed by atoms with Crippen LogP contribution in [0.25, 0.3) is 0 Å². The van der Waals surface area contributed by atoms with Gasteiger partial charge in [-0.15, -0.1) is 0 Å². The zero-order valence-electron chi connectivity index (χ0n) is 15.0. The van der Waals surface area contributed by atoms with Crippen LogP contribution in [0, 0.1) is 23.7 Å². The Labute approximate surface area is 154 Å². The fourth-order valence-electron chi connectivity index (χ4n) is 4.27. The van der Waals surface area contributed by atoms with Crippen LogP contribution in [0.2, 0.25) is 0 Å². The zero-order valence-corrected chi connectivity index (χ0v) is 15.0. The Morgan fingerprint density at radius 1 is 0.846 bits per heavy atom. The number of hydrogen-bond donors (Lipinski definition) is 4. The fraction of sp³-hybridized carbons (Fsp3) is 0.600. The van der Waals surface area contributed by atoms with Gasteiger partial charge in [-0.3, -0.25) is 9.59 Å². The third-order valence-corrected chi connectivity index (χ3v) is 5.90. The van der Waals surface area contributed by atoms with E-state index in [4.69, 9.17) is 0 Å². The summed E-state index contributed by atoms with van der Waals surface area (Å²) in [5, 5.41) is 25.6. The molecule has 0 radical (unpaired) electrons. The smallest absolute Gasteiger partial charge is 0.307 e. The molecule has 2 saturated heterocycles. The van der Waals surface area contributed by atoms with Gasteiger partial charge >= 0.3 is 11.9 Å². The summed E-state index contributed by atoms with van der Waals surface area (Å²) in [6.45, 7) is 3.31. The number of rotatable bonds is 8. The van der Waals surface area contributed by atoms with Crippen molar-refractivity contribution < 1.29 is 19.8 Å². The van der Waals surface area contributed by atoms with Gasteiger partial charge in [-0.1, -0.05) is 24.3 Å². The number of nitrogens with one attached hydrogen (secondary N) is 2. The first kappa shape index (κ1) is 18.9. The molecule has 4 N–H and O–H groups in total. The van der Waals surface area contributed by atoms with Gasteiger partial charge in [-0.05, 0) is 74.8 Å². The van der Waals surface area contributed by atoms with Crippen molar-refractivity contribution in [3.8, 4) is 0 Å². The molecule has 0 aliphatic carbocycles. The van der Waals surface area contributed by atoms with E-state index in [1.807, 2.05) is 24.3 Å². The highest BCUT2D eigenvalue weighted by Gasteiger charge is 2.31. The van der Waals surface area contributed by atoms with Crippen molar-refractivity contribution in [2.75, 3.05) is 26.2 Å². The standard InChI is InChI=1S/C20H28N2O4/c23-19(24)17(15-5-7-21-11-15)9-13-1-2-14(4-3-13)10-18(20(25)26)16-6-8-22-12-16/h1-4,15-18,21-22H,5-12H2,(H,23,24)(H,25,26). The summed E-state index contributed by atoms with van der Waals surface area (Å²) in [5.41, 5.74) is 2.00. The molecule has 6 heteroatoms. The first-order valence-electron chi connectivity index (χ1n) is 9.49. The van der Waals surface area contributed by atoms with E-state index >= 15 is 0 Å². The molecule has 1 aromatic carbocycles. The lowest BCUT2D eigenvalue weighted by atomic mass is 9.84. The highest BCUT2D eigenvalue weighted by atomic mass is 16.4. The number of carboxylic acid groups (broad SMARTS) is 2. The van der Waals surface area contributed by atoms with Gasteiger partial charge in [-0.2, -0.15) is 0 Å². The average molecular weight is 360 g/mol. The lowest BCUT2D eigenvalue weighted by Crippen LogP contribution is -2.28. The first-order chi connectivity index (χ1) is 12.5. The van der Waals surface area contributed by atoms with Gasteiger partial charge in [0.15, 0.2) is 0 Å². The van der Waals surface area contributed by atoms with Crippen molar-refractivity contribution in [3.63, 3.8) is 0 Å². The maximum Gasteiger partial charge on any atom is 0.307 e. The minimum atomic E-state index is -0.734. The second kappa shape index (κ2) is 8.64. The van der Waals surface area contributed by atoms with Gasteiger partial charge in [0.05, 0.1) is 11.8 Å². The average Bonchev–Trinajstić information content (AvgIpc) is 3.31. The van der Waals surface area contributed by atoms with Crippen LogP contribution in [-0.4, -0.2) is 48.3 Å². The number of benzene rings is 1. The third-order valence-electron chi connectivity index (χ3n) is 5.90. The summed E-state index contributed by atoms with van der Waals surface area (Å²) in [6.07, 6.45) is 2.86. The van der Waals surface area contributed by atoms with Crippen LogP contribution in [-0.2, 0) is 22.4 Å². The molecular formula is C20H28N2O4. The Bertz CT molecular complexity index is 564. The predicted octanol–water partition coefficient (Wildman–Crippen LogP) is 1.39. The van der Waals surface area contributed by atoms with Crippen molar-refractivity contribution in [3.05, 3.63) is 35.4 Å². The highest BCUT2D eigenvalue weighted by molar-refractivity contribution is 5.71. The molecule has 0 saturated carbocycles. The van der Waals surface area contributed by atoms with E-state index in [1.165, 1.54) is 0 Å². The summed E-state index contributed by atoms with van der Waals surface area (Å²) in [4.78, 5) is 23.3. The summed E-state index contributed by atoms with van der Waals surface area (Å²) in [6, 6.07) is 7.83. The summed E-state index contributed by atoms with van der Waals surface area (Å²) in [5.74, 6) is -1.85. The van der Waals surface area contributed by atoms with Crippen LogP contribution in [0.4, 0.5) is 0 Å². The van der Waals surface area contributed by atoms with E-state index in [9.17, 15) is 19.8 Å². The summed E-state index contributed by atoms with van der Waals surface area (Å²) < 4.78 is 0. The molecule has 4 atom stereocenters. The van der Waals surface area contributed by atoms with Gasteiger partial charge in [-0.25, -0.2) is 0 Å². The quantitative estimate of drug-likeness (QED) is 0.559. The molecule has 2 fully saturated rings. The summed E-state index contributed by atoms with van der Waals surface area (Å²) in [7, 11) is 0. The zero-order chi connectivity index (χ0) is 18.5. The number of hydrogen-bond acceptors (Lipinski definition) is 4. The van der Waals surface area contributed by atoms with Gasteiger partial charge in [0.25, 0.3) is 0 Å². The van der Waals surface area contributed by atoms with E-state index in [-0.39, 0.29) is 23.7 Å². The van der Waals surface area contributed by atoms with Crippen molar-refractivity contribution in [2.24, 2.45) is 23.7 Å². The van der Waals surface area contributed by atoms with Crippen molar-refractivity contribution >= 4 is 11.9 Å². The number of aliphatic carboxylic acids is 2.